The Morgan fingerprint density at radius 2 is 1.69 bits per heavy atom. The second kappa shape index (κ2) is 12.2. The first-order valence-corrected chi connectivity index (χ1v) is 14.5. The first-order valence-electron chi connectivity index (χ1n) is 12.3. The Balaban J connectivity index is 1.56. The number of carbonyl (C=O) groups is 3. The molecule has 0 spiro atoms. The molecule has 3 aromatic carbocycles. The molecule has 0 unspecified atom stereocenters. The number of rotatable bonds is 10. The number of nitrogens with one attached hydrogen (secondary N) is 1. The van der Waals surface area contributed by atoms with E-state index in [2.05, 4.69) is 5.32 Å². The third-order valence-electron chi connectivity index (χ3n) is 6.54. The minimum Gasteiger partial charge on any atom is -0.357 e. The highest BCUT2D eigenvalue weighted by Crippen LogP contribution is 2.30. The summed E-state index contributed by atoms with van der Waals surface area (Å²) in [5.41, 5.74) is 1.58. The number of hydrogen-bond donors (Lipinski definition) is 1. The minimum atomic E-state index is -3.98. The SMILES string of the molecule is CNC(=O)[C@@H](Cc1ccccc1)N(Cc1ccc(Cl)cc1Cl)C(=O)CCCN1C(=O)c2ccccc2S1(=O)=O. The number of hydrogen-bond acceptors (Lipinski definition) is 5. The largest absolute Gasteiger partial charge is 0.357 e. The normalized spacial score (nSPS) is 14.5. The van der Waals surface area contributed by atoms with Crippen molar-refractivity contribution in [1.29, 1.82) is 0 Å². The fourth-order valence-corrected chi connectivity index (χ4v) is 6.60. The van der Waals surface area contributed by atoms with Crippen molar-refractivity contribution in [2.45, 2.75) is 36.7 Å². The number of benzene rings is 3. The van der Waals surface area contributed by atoms with Crippen LogP contribution in [0.4, 0.5) is 0 Å². The van der Waals surface area contributed by atoms with Gasteiger partial charge in [0.1, 0.15) is 10.9 Å². The molecule has 4 rings (SSSR count). The number of sulfonamides is 1. The molecule has 3 amide bonds. The molecule has 1 heterocycles. The molecule has 11 heteroatoms. The third kappa shape index (κ3) is 6.27. The molecular weight excluding hydrogens is 561 g/mol. The van der Waals surface area contributed by atoms with Crippen LogP contribution in [0.25, 0.3) is 0 Å². The summed E-state index contributed by atoms with van der Waals surface area (Å²) in [6, 6.07) is 19.4. The van der Waals surface area contributed by atoms with Gasteiger partial charge in [-0.2, -0.15) is 0 Å². The average molecular weight is 589 g/mol. The summed E-state index contributed by atoms with van der Waals surface area (Å²) in [4.78, 5) is 40.8. The highest BCUT2D eigenvalue weighted by atomic mass is 35.5. The van der Waals surface area contributed by atoms with Crippen LogP contribution in [-0.4, -0.2) is 55.0 Å². The maximum atomic E-state index is 13.6. The van der Waals surface area contributed by atoms with Gasteiger partial charge in [-0.25, -0.2) is 12.7 Å². The van der Waals surface area contributed by atoms with Crippen LogP contribution in [0.3, 0.4) is 0 Å². The molecule has 204 valence electrons. The van der Waals surface area contributed by atoms with Crippen LogP contribution in [0.2, 0.25) is 10.0 Å². The van der Waals surface area contributed by atoms with Gasteiger partial charge in [0.25, 0.3) is 15.9 Å². The minimum absolute atomic E-state index is 0.0339. The van der Waals surface area contributed by atoms with E-state index in [4.69, 9.17) is 23.2 Å². The van der Waals surface area contributed by atoms with Crippen LogP contribution in [0.1, 0.15) is 34.3 Å². The Morgan fingerprint density at radius 3 is 2.36 bits per heavy atom. The van der Waals surface area contributed by atoms with Crippen molar-refractivity contribution in [1.82, 2.24) is 14.5 Å². The van der Waals surface area contributed by atoms with Crippen LogP contribution >= 0.6 is 23.2 Å². The van der Waals surface area contributed by atoms with Gasteiger partial charge in [0, 0.05) is 43.0 Å². The molecule has 0 radical (unpaired) electrons. The molecule has 39 heavy (non-hydrogen) atoms. The Morgan fingerprint density at radius 1 is 1.00 bits per heavy atom. The number of halogens is 2. The summed E-state index contributed by atoms with van der Waals surface area (Å²) in [5, 5.41) is 3.42. The summed E-state index contributed by atoms with van der Waals surface area (Å²) in [7, 11) is -2.48. The Labute approximate surface area is 237 Å². The lowest BCUT2D eigenvalue weighted by molar-refractivity contribution is -0.141. The molecule has 1 atom stereocenters. The van der Waals surface area contributed by atoms with E-state index >= 15 is 0 Å². The van der Waals surface area contributed by atoms with Crippen LogP contribution in [0, 0.1) is 0 Å². The fourth-order valence-electron chi connectivity index (χ4n) is 4.52. The summed E-state index contributed by atoms with van der Waals surface area (Å²) in [6.45, 7) is -0.132. The van der Waals surface area contributed by atoms with Gasteiger partial charge in [0.05, 0.1) is 5.56 Å². The maximum absolute atomic E-state index is 13.6. The first kappa shape index (κ1) is 28.6. The number of carbonyl (C=O) groups excluding carboxylic acids is 3. The monoisotopic (exact) mass is 587 g/mol. The number of fused-ring (bicyclic) bond motifs is 1. The molecule has 0 aliphatic carbocycles. The van der Waals surface area contributed by atoms with Gasteiger partial charge in [0.2, 0.25) is 11.8 Å². The highest BCUT2D eigenvalue weighted by Gasteiger charge is 2.40. The molecular formula is C28H27Cl2N3O5S. The molecule has 0 saturated carbocycles. The average Bonchev–Trinajstić information content (AvgIpc) is 3.12. The smallest absolute Gasteiger partial charge is 0.269 e. The molecule has 0 aromatic heterocycles. The lowest BCUT2D eigenvalue weighted by Gasteiger charge is -2.31. The third-order valence-corrected chi connectivity index (χ3v) is 8.96. The Hall–Kier alpha value is -3.40. The summed E-state index contributed by atoms with van der Waals surface area (Å²) in [5.74, 6) is -1.35. The van der Waals surface area contributed by atoms with E-state index in [1.54, 1.807) is 30.3 Å². The lowest BCUT2D eigenvalue weighted by Crippen LogP contribution is -2.49. The summed E-state index contributed by atoms with van der Waals surface area (Å²) in [6.07, 6.45) is 0.239. The van der Waals surface area contributed by atoms with Crippen molar-refractivity contribution < 1.29 is 22.8 Å². The van der Waals surface area contributed by atoms with E-state index < -0.39 is 22.0 Å². The van der Waals surface area contributed by atoms with Crippen LogP contribution in [0.15, 0.2) is 77.7 Å². The predicted molar refractivity (Wildman–Crippen MR) is 149 cm³/mol. The van der Waals surface area contributed by atoms with E-state index in [0.717, 1.165) is 9.87 Å². The van der Waals surface area contributed by atoms with Crippen molar-refractivity contribution in [2.75, 3.05) is 13.6 Å². The topological polar surface area (TPSA) is 104 Å². The van der Waals surface area contributed by atoms with Crippen LogP contribution in [0.5, 0.6) is 0 Å². The second-order valence-corrected chi connectivity index (χ2v) is 11.7. The first-order chi connectivity index (χ1) is 18.6. The van der Waals surface area contributed by atoms with Gasteiger partial charge in [-0.05, 0) is 41.8 Å². The van der Waals surface area contributed by atoms with Crippen molar-refractivity contribution in [3.05, 3.63) is 99.5 Å². The Bertz CT molecular complexity index is 1500. The molecule has 0 bridgehead atoms. The van der Waals surface area contributed by atoms with E-state index in [-0.39, 0.29) is 54.6 Å². The van der Waals surface area contributed by atoms with Crippen molar-refractivity contribution >= 4 is 50.9 Å². The molecule has 1 aliphatic rings. The molecule has 1 aliphatic heterocycles. The van der Waals surface area contributed by atoms with Gasteiger partial charge in [-0.15, -0.1) is 0 Å². The van der Waals surface area contributed by atoms with Gasteiger partial charge in [-0.3, -0.25) is 14.4 Å². The zero-order valence-corrected chi connectivity index (χ0v) is 23.5. The van der Waals surface area contributed by atoms with E-state index in [9.17, 15) is 22.8 Å². The molecule has 3 aromatic rings. The summed E-state index contributed by atoms with van der Waals surface area (Å²) < 4.78 is 26.6. The predicted octanol–water partition coefficient (Wildman–Crippen LogP) is 4.30. The van der Waals surface area contributed by atoms with Crippen LogP contribution < -0.4 is 5.32 Å². The van der Waals surface area contributed by atoms with E-state index in [1.165, 1.54) is 24.1 Å². The molecule has 1 N–H and O–H groups in total. The Kier molecular flexibility index (Phi) is 8.94. The summed E-state index contributed by atoms with van der Waals surface area (Å²) >= 11 is 12.5. The van der Waals surface area contributed by atoms with E-state index in [0.29, 0.717) is 15.6 Å². The number of likely N-dealkylation sites (N-methyl/N-ethyl adjacent to an activating group) is 1. The zero-order chi connectivity index (χ0) is 28.2. The number of amides is 3. The quantitative estimate of drug-likeness (QED) is 0.381. The molecule has 8 nitrogen and oxygen atoms in total. The van der Waals surface area contributed by atoms with Gasteiger partial charge in [-0.1, -0.05) is 71.7 Å². The van der Waals surface area contributed by atoms with Crippen molar-refractivity contribution in [3.8, 4) is 0 Å². The molecule has 0 fully saturated rings. The van der Waals surface area contributed by atoms with Gasteiger partial charge < -0.3 is 10.2 Å². The van der Waals surface area contributed by atoms with Crippen molar-refractivity contribution in [2.24, 2.45) is 0 Å². The van der Waals surface area contributed by atoms with Gasteiger partial charge in [0.15, 0.2) is 0 Å². The molecule has 0 saturated heterocycles. The number of nitrogens with zero attached hydrogens (tertiary/aromatic N) is 2. The zero-order valence-electron chi connectivity index (χ0n) is 21.1. The lowest BCUT2D eigenvalue weighted by atomic mass is 10.0. The van der Waals surface area contributed by atoms with Crippen LogP contribution in [-0.2, 0) is 32.6 Å². The highest BCUT2D eigenvalue weighted by molar-refractivity contribution is 7.90. The maximum Gasteiger partial charge on any atom is 0.269 e. The standard InChI is InChI=1S/C28H27Cl2N3O5S/c1-31-27(35)24(16-19-8-3-2-4-9-19)32(18-20-13-14-21(29)17-23(20)30)26(34)12-7-15-33-28(36)22-10-5-6-11-25(22)39(33,37)38/h2-6,8-11,13-14,17,24H,7,12,15-16,18H2,1H3,(H,31,35)/t24-/m1/s1. The van der Waals surface area contributed by atoms with Crippen molar-refractivity contribution in [3.63, 3.8) is 0 Å². The van der Waals surface area contributed by atoms with E-state index in [1.807, 2.05) is 30.3 Å². The second-order valence-electron chi connectivity index (χ2n) is 9.06. The van der Waals surface area contributed by atoms with Gasteiger partial charge >= 0.3 is 0 Å². The fraction of sp³-hybridized carbons (Fsp3) is 0.250.